The number of nitrogens with two attached hydrogens (primary N) is 1. The third-order valence-corrected chi connectivity index (χ3v) is 7.36. The first-order valence-corrected chi connectivity index (χ1v) is 10.7. The number of rotatable bonds is 3. The molecule has 11 heteroatoms. The zero-order valence-corrected chi connectivity index (χ0v) is 19.4. The van der Waals surface area contributed by atoms with Gasteiger partial charge in [0.15, 0.2) is 0 Å². The Bertz CT molecular complexity index is 825. The van der Waals surface area contributed by atoms with Crippen LogP contribution in [0, 0.1) is 0 Å². The Morgan fingerprint density at radius 3 is 2.71 bits per heavy atom. The number of benzene rings is 1. The molecule has 1 amide bonds. The van der Waals surface area contributed by atoms with E-state index in [2.05, 4.69) is 20.9 Å². The minimum Gasteiger partial charge on any atom is -0.340 e. The topological polar surface area (TPSA) is 103 Å². The molecular formula is C17H25BrCl2N4O3S. The van der Waals surface area contributed by atoms with Crippen LogP contribution in [0.25, 0.3) is 10.8 Å². The molecule has 1 aliphatic heterocycles. The van der Waals surface area contributed by atoms with Crippen LogP contribution in [0.5, 0.6) is 0 Å². The maximum Gasteiger partial charge on any atom is 0.236 e. The predicted molar refractivity (Wildman–Crippen MR) is 121 cm³/mol. The second-order valence-electron chi connectivity index (χ2n) is 6.38. The number of halogens is 3. The minimum absolute atomic E-state index is 0. The van der Waals surface area contributed by atoms with Crippen molar-refractivity contribution in [2.24, 2.45) is 5.73 Å². The van der Waals surface area contributed by atoms with Gasteiger partial charge in [0.05, 0.1) is 11.4 Å². The molecule has 4 N–H and O–H groups in total. The largest absolute Gasteiger partial charge is 0.340 e. The van der Waals surface area contributed by atoms with E-state index in [0.717, 1.165) is 10.8 Å². The van der Waals surface area contributed by atoms with E-state index in [-0.39, 0.29) is 43.3 Å². The highest BCUT2D eigenvalue weighted by Crippen LogP contribution is 2.56. The average Bonchev–Trinajstić information content (AvgIpc) is 2.83. The molecule has 0 saturated carbocycles. The summed E-state index contributed by atoms with van der Waals surface area (Å²) < 4.78 is 24.8. The van der Waals surface area contributed by atoms with Gasteiger partial charge in [0.25, 0.3) is 0 Å². The van der Waals surface area contributed by atoms with E-state index in [1.807, 2.05) is 13.0 Å². The molecule has 1 aromatic heterocycles. The fourth-order valence-electron chi connectivity index (χ4n) is 3.39. The third-order valence-electron chi connectivity index (χ3n) is 4.63. The molecule has 1 atom stereocenters. The molecular weight excluding hydrogens is 491 g/mol. The van der Waals surface area contributed by atoms with Crippen LogP contribution in [0.15, 0.2) is 40.0 Å². The molecule has 3 rings (SSSR count). The van der Waals surface area contributed by atoms with Crippen LogP contribution in [0.3, 0.4) is 0 Å². The van der Waals surface area contributed by atoms with Gasteiger partial charge in [0.1, 0.15) is 0 Å². The van der Waals surface area contributed by atoms with E-state index >= 15 is 0 Å². The van der Waals surface area contributed by atoms with E-state index in [1.165, 1.54) is 0 Å². The summed E-state index contributed by atoms with van der Waals surface area (Å²) in [5.74, 6) is -0.117. The van der Waals surface area contributed by atoms with Crippen LogP contribution in [-0.2, 0) is 4.79 Å². The van der Waals surface area contributed by atoms with Gasteiger partial charge in [-0.2, -0.15) is 4.31 Å². The number of aromatic nitrogens is 1. The number of pyridine rings is 1. The summed E-state index contributed by atoms with van der Waals surface area (Å²) in [4.78, 5) is 18.3. The average molecular weight is 516 g/mol. The van der Waals surface area contributed by atoms with Crippen LogP contribution in [0.2, 0.25) is 0 Å². The van der Waals surface area contributed by atoms with E-state index in [9.17, 15) is 13.9 Å². The molecule has 1 saturated heterocycles. The molecule has 1 fully saturated rings. The van der Waals surface area contributed by atoms with Crippen LogP contribution in [-0.4, -0.2) is 61.4 Å². The van der Waals surface area contributed by atoms with Gasteiger partial charge in [0.2, 0.25) is 5.91 Å². The quantitative estimate of drug-likeness (QED) is 0.575. The van der Waals surface area contributed by atoms with E-state index in [1.54, 1.807) is 33.7 Å². The monoisotopic (exact) mass is 514 g/mol. The molecule has 0 bridgehead atoms. The van der Waals surface area contributed by atoms with E-state index in [0.29, 0.717) is 35.4 Å². The molecule has 28 heavy (non-hydrogen) atoms. The van der Waals surface area contributed by atoms with E-state index < -0.39 is 10.8 Å². The second-order valence-corrected chi connectivity index (χ2v) is 9.18. The lowest BCUT2D eigenvalue weighted by atomic mass is 10.2. The Morgan fingerprint density at radius 1 is 1.32 bits per heavy atom. The lowest BCUT2D eigenvalue weighted by Crippen LogP contribution is -2.43. The van der Waals surface area contributed by atoms with Crippen LogP contribution in [0.4, 0.5) is 0 Å². The van der Waals surface area contributed by atoms with Crippen molar-refractivity contribution in [3.8, 4) is 0 Å². The first kappa shape index (κ1) is 25.4. The maximum absolute atomic E-state index is 12.0. The van der Waals surface area contributed by atoms with Crippen LogP contribution in [0.1, 0.15) is 13.3 Å². The fourth-order valence-corrected chi connectivity index (χ4v) is 6.05. The number of fused-ring (bicyclic) bond motifs is 1. The van der Waals surface area contributed by atoms with Gasteiger partial charge in [0, 0.05) is 53.3 Å². The Kier molecular flexibility index (Phi) is 9.43. The zero-order chi connectivity index (χ0) is 18.9. The van der Waals surface area contributed by atoms with Gasteiger partial charge in [-0.25, -0.2) is 0 Å². The van der Waals surface area contributed by atoms with Gasteiger partial charge in [-0.1, -0.05) is 12.1 Å². The lowest BCUT2D eigenvalue weighted by molar-refractivity contribution is -0.129. The molecule has 0 unspecified atom stereocenters. The highest BCUT2D eigenvalue weighted by Gasteiger charge is 2.34. The zero-order valence-electron chi connectivity index (χ0n) is 15.3. The summed E-state index contributed by atoms with van der Waals surface area (Å²) in [6.45, 7) is 3.33. The van der Waals surface area contributed by atoms with Gasteiger partial charge in [-0.15, -0.1) is 35.6 Å². The summed E-state index contributed by atoms with van der Waals surface area (Å²) in [6.07, 6.45) is 4.00. The van der Waals surface area contributed by atoms with Crippen molar-refractivity contribution in [2.75, 3.05) is 26.2 Å². The fraction of sp³-hybridized carbons (Fsp3) is 0.412. The summed E-state index contributed by atoms with van der Waals surface area (Å²) in [7, 11) is -3.23. The number of hydrogen-bond donors (Lipinski definition) is 3. The number of carbonyl (C=O) groups is 1. The third kappa shape index (κ3) is 4.91. The van der Waals surface area contributed by atoms with Crippen LogP contribution < -0.4 is 5.73 Å². The summed E-state index contributed by atoms with van der Waals surface area (Å²) in [5.41, 5.74) is 5.48. The van der Waals surface area contributed by atoms with Crippen molar-refractivity contribution in [1.82, 2.24) is 14.2 Å². The highest BCUT2D eigenvalue weighted by atomic mass is 79.9. The second kappa shape index (κ2) is 10.4. The Hall–Kier alpha value is -0.650. The summed E-state index contributed by atoms with van der Waals surface area (Å²) in [6, 6.07) is 5.21. The Labute approximate surface area is 187 Å². The van der Waals surface area contributed by atoms with Gasteiger partial charge in [-0.3, -0.25) is 18.9 Å². The van der Waals surface area contributed by atoms with Gasteiger partial charge in [-0.05, 0) is 35.3 Å². The van der Waals surface area contributed by atoms with Gasteiger partial charge >= 0.3 is 0 Å². The SMILES string of the molecule is C[C@H]1CN(C(=O)CN)CCCN1S(O)(O)c1cccc2cncc(Br)c12.Cl.Cl. The summed E-state index contributed by atoms with van der Waals surface area (Å²) >= 11 is 3.48. The summed E-state index contributed by atoms with van der Waals surface area (Å²) in [5, 5.41) is 1.58. The highest BCUT2D eigenvalue weighted by molar-refractivity contribution is 9.10. The number of amides is 1. The lowest BCUT2D eigenvalue weighted by Gasteiger charge is -2.46. The van der Waals surface area contributed by atoms with Crippen molar-refractivity contribution < 1.29 is 13.9 Å². The Balaban J connectivity index is 0.00000196. The van der Waals surface area contributed by atoms with E-state index in [4.69, 9.17) is 5.73 Å². The first-order valence-electron chi connectivity index (χ1n) is 8.41. The molecule has 1 aliphatic rings. The number of nitrogens with zero attached hydrogens (tertiary/aromatic N) is 3. The van der Waals surface area contributed by atoms with Crippen molar-refractivity contribution in [2.45, 2.75) is 24.3 Å². The molecule has 2 aromatic rings. The number of carbonyl (C=O) groups excluding carboxylic acids is 1. The molecule has 0 spiro atoms. The maximum atomic E-state index is 12.0. The van der Waals surface area contributed by atoms with Gasteiger partial charge < -0.3 is 10.6 Å². The molecule has 7 nitrogen and oxygen atoms in total. The number of hydrogen-bond acceptors (Lipinski definition) is 6. The van der Waals surface area contributed by atoms with Crippen molar-refractivity contribution in [1.29, 1.82) is 0 Å². The molecule has 0 aliphatic carbocycles. The molecule has 0 radical (unpaired) electrons. The molecule has 2 heterocycles. The smallest absolute Gasteiger partial charge is 0.236 e. The van der Waals surface area contributed by atoms with Crippen molar-refractivity contribution in [3.63, 3.8) is 0 Å². The normalized spacial score (nSPS) is 18.8. The van der Waals surface area contributed by atoms with Crippen molar-refractivity contribution >= 4 is 68.2 Å². The minimum atomic E-state index is -3.23. The standard InChI is InChI=1S/C17H23BrN4O3S.2ClH/c1-12-11-21(16(23)8-19)6-3-7-22(12)26(24,25)15-5-2-4-13-9-20-10-14(18)17(13)15;;/h2,4-5,9-10,12,24-25H,3,6-8,11,19H2,1H3;2*1H/t12-;;/m0../s1. The first-order chi connectivity index (χ1) is 12.4. The predicted octanol–water partition coefficient (Wildman–Crippen LogP) is 3.75. The van der Waals surface area contributed by atoms with Crippen molar-refractivity contribution in [3.05, 3.63) is 35.1 Å². The Morgan fingerprint density at radius 2 is 2.04 bits per heavy atom. The molecule has 1 aromatic carbocycles. The van der Waals surface area contributed by atoms with Crippen LogP contribution >= 0.6 is 51.5 Å². The molecule has 158 valence electrons.